The Morgan fingerprint density at radius 3 is 2.71 bits per heavy atom. The van der Waals surface area contributed by atoms with Crippen LogP contribution in [0.15, 0.2) is 61.1 Å². The first kappa shape index (κ1) is 17.9. The Morgan fingerprint density at radius 1 is 1.14 bits per heavy atom. The SMILES string of the molecule is O=C(Cc1ccc(-n2cnnn2)cc1)Nc1ncc(Cc2ccccc2F)s1. The fraction of sp³-hybridized carbons (Fsp3) is 0.105. The minimum absolute atomic E-state index is 0.165. The normalized spacial score (nSPS) is 10.8. The number of benzene rings is 2. The van der Waals surface area contributed by atoms with E-state index in [1.54, 1.807) is 24.4 Å². The standard InChI is InChI=1S/C19H15FN6OS/c20-17-4-2-1-3-14(17)10-16-11-21-19(28-16)23-18(27)9-13-5-7-15(8-6-13)26-12-22-24-25-26/h1-8,11-12H,9-10H2,(H,21,23,27). The molecule has 0 spiro atoms. The Labute approximate surface area is 163 Å². The second kappa shape index (κ2) is 8.05. The smallest absolute Gasteiger partial charge is 0.230 e. The molecule has 7 nitrogen and oxygen atoms in total. The molecule has 28 heavy (non-hydrogen) atoms. The van der Waals surface area contributed by atoms with Gasteiger partial charge in [-0.1, -0.05) is 30.3 Å². The van der Waals surface area contributed by atoms with E-state index < -0.39 is 0 Å². The van der Waals surface area contributed by atoms with Gasteiger partial charge < -0.3 is 5.32 Å². The maximum absolute atomic E-state index is 13.8. The minimum atomic E-state index is -0.244. The molecule has 2 aromatic heterocycles. The third-order valence-electron chi connectivity index (χ3n) is 4.04. The molecule has 0 fully saturated rings. The number of carbonyl (C=O) groups excluding carboxylic acids is 1. The monoisotopic (exact) mass is 394 g/mol. The topological polar surface area (TPSA) is 85.6 Å². The number of carbonyl (C=O) groups is 1. The van der Waals surface area contributed by atoms with Crippen LogP contribution in [0.2, 0.25) is 0 Å². The lowest BCUT2D eigenvalue weighted by molar-refractivity contribution is -0.115. The van der Waals surface area contributed by atoms with Crippen LogP contribution in [0.25, 0.3) is 5.69 Å². The molecule has 0 aliphatic carbocycles. The molecule has 4 aromatic rings. The van der Waals surface area contributed by atoms with Gasteiger partial charge in [-0.2, -0.15) is 0 Å². The van der Waals surface area contributed by atoms with Crippen LogP contribution in [-0.4, -0.2) is 31.1 Å². The zero-order chi connectivity index (χ0) is 19.3. The summed E-state index contributed by atoms with van der Waals surface area (Å²) in [6.45, 7) is 0. The summed E-state index contributed by atoms with van der Waals surface area (Å²) in [4.78, 5) is 17.4. The van der Waals surface area contributed by atoms with Crippen molar-refractivity contribution < 1.29 is 9.18 Å². The number of nitrogens with one attached hydrogen (secondary N) is 1. The Morgan fingerprint density at radius 2 is 1.96 bits per heavy atom. The van der Waals surface area contributed by atoms with Crippen LogP contribution >= 0.6 is 11.3 Å². The highest BCUT2D eigenvalue weighted by molar-refractivity contribution is 7.15. The number of thiazole rings is 1. The summed E-state index contributed by atoms with van der Waals surface area (Å²) in [6.07, 6.45) is 3.83. The molecule has 2 heterocycles. The van der Waals surface area contributed by atoms with Crippen molar-refractivity contribution in [2.45, 2.75) is 12.8 Å². The number of hydrogen-bond donors (Lipinski definition) is 1. The predicted octanol–water partition coefficient (Wildman–Crippen LogP) is 3.03. The maximum Gasteiger partial charge on any atom is 0.230 e. The quantitative estimate of drug-likeness (QED) is 0.543. The van der Waals surface area contributed by atoms with Gasteiger partial charge in [0, 0.05) is 17.5 Å². The summed E-state index contributed by atoms with van der Waals surface area (Å²) in [5.41, 5.74) is 2.27. The minimum Gasteiger partial charge on any atom is -0.302 e. The van der Waals surface area contributed by atoms with Gasteiger partial charge in [0.2, 0.25) is 5.91 Å². The van der Waals surface area contributed by atoms with E-state index in [9.17, 15) is 9.18 Å². The number of anilines is 1. The molecule has 9 heteroatoms. The third-order valence-corrected chi connectivity index (χ3v) is 4.95. The Balaban J connectivity index is 1.35. The Hall–Kier alpha value is -3.46. The maximum atomic E-state index is 13.8. The average molecular weight is 394 g/mol. The number of aromatic nitrogens is 5. The highest BCUT2D eigenvalue weighted by Crippen LogP contribution is 2.22. The van der Waals surface area contributed by atoms with Crippen molar-refractivity contribution in [3.8, 4) is 5.69 Å². The average Bonchev–Trinajstić information content (AvgIpc) is 3.37. The molecule has 0 aliphatic rings. The van der Waals surface area contributed by atoms with Gasteiger partial charge in [-0.15, -0.1) is 16.4 Å². The van der Waals surface area contributed by atoms with E-state index in [2.05, 4.69) is 25.8 Å². The molecule has 1 amide bonds. The van der Waals surface area contributed by atoms with Gasteiger partial charge in [-0.25, -0.2) is 14.1 Å². The van der Waals surface area contributed by atoms with Gasteiger partial charge in [-0.3, -0.25) is 4.79 Å². The number of rotatable bonds is 6. The van der Waals surface area contributed by atoms with Crippen LogP contribution in [0.3, 0.4) is 0 Å². The molecule has 0 aliphatic heterocycles. The summed E-state index contributed by atoms with van der Waals surface area (Å²) in [5, 5.41) is 14.3. The largest absolute Gasteiger partial charge is 0.302 e. The first-order valence-corrected chi connectivity index (χ1v) is 9.29. The molecule has 0 atom stereocenters. The Bertz CT molecular complexity index is 1080. The zero-order valence-corrected chi connectivity index (χ0v) is 15.4. The fourth-order valence-corrected chi connectivity index (χ4v) is 3.52. The van der Waals surface area contributed by atoms with Crippen molar-refractivity contribution >= 4 is 22.4 Å². The first-order valence-electron chi connectivity index (χ1n) is 8.47. The van der Waals surface area contributed by atoms with Gasteiger partial charge in [0.1, 0.15) is 12.1 Å². The lowest BCUT2D eigenvalue weighted by atomic mass is 10.1. The van der Waals surface area contributed by atoms with Crippen LogP contribution in [0.4, 0.5) is 9.52 Å². The van der Waals surface area contributed by atoms with Crippen molar-refractivity contribution in [1.82, 2.24) is 25.2 Å². The molecule has 140 valence electrons. The molecule has 0 bridgehead atoms. The third kappa shape index (κ3) is 4.26. The number of halogens is 1. The number of hydrogen-bond acceptors (Lipinski definition) is 6. The van der Waals surface area contributed by atoms with Crippen LogP contribution in [0, 0.1) is 5.82 Å². The molecule has 0 saturated carbocycles. The van der Waals surface area contributed by atoms with Crippen LogP contribution in [0.1, 0.15) is 16.0 Å². The molecule has 0 unspecified atom stereocenters. The molecule has 1 N–H and O–H groups in total. The summed E-state index contributed by atoms with van der Waals surface area (Å²) < 4.78 is 15.3. The predicted molar refractivity (Wildman–Crippen MR) is 103 cm³/mol. The first-order chi connectivity index (χ1) is 13.7. The summed E-state index contributed by atoms with van der Waals surface area (Å²) in [5.74, 6) is -0.409. The second-order valence-electron chi connectivity index (χ2n) is 6.05. The van der Waals surface area contributed by atoms with Crippen molar-refractivity contribution in [2.75, 3.05) is 5.32 Å². The van der Waals surface area contributed by atoms with Crippen LogP contribution < -0.4 is 5.32 Å². The van der Waals surface area contributed by atoms with E-state index in [4.69, 9.17) is 0 Å². The summed E-state index contributed by atoms with van der Waals surface area (Å²) in [6, 6.07) is 14.0. The number of tetrazole rings is 1. The summed E-state index contributed by atoms with van der Waals surface area (Å²) >= 11 is 1.34. The van der Waals surface area contributed by atoms with Gasteiger partial charge in [-0.05, 0) is 39.8 Å². The highest BCUT2D eigenvalue weighted by atomic mass is 32.1. The molecular formula is C19H15FN6OS. The fourth-order valence-electron chi connectivity index (χ4n) is 2.67. The van der Waals surface area contributed by atoms with Crippen molar-refractivity contribution in [3.05, 3.63) is 82.9 Å². The van der Waals surface area contributed by atoms with E-state index in [1.165, 1.54) is 28.4 Å². The van der Waals surface area contributed by atoms with E-state index in [0.29, 0.717) is 17.1 Å². The van der Waals surface area contributed by atoms with Crippen molar-refractivity contribution in [3.63, 3.8) is 0 Å². The van der Waals surface area contributed by atoms with Gasteiger partial charge in [0.25, 0.3) is 0 Å². The summed E-state index contributed by atoms with van der Waals surface area (Å²) in [7, 11) is 0. The highest BCUT2D eigenvalue weighted by Gasteiger charge is 2.10. The molecular weight excluding hydrogens is 379 g/mol. The molecule has 2 aromatic carbocycles. The van der Waals surface area contributed by atoms with E-state index in [0.717, 1.165) is 16.1 Å². The second-order valence-corrected chi connectivity index (χ2v) is 7.16. The lowest BCUT2D eigenvalue weighted by Gasteiger charge is -2.04. The van der Waals surface area contributed by atoms with Crippen molar-refractivity contribution in [2.24, 2.45) is 0 Å². The number of amides is 1. The van der Waals surface area contributed by atoms with E-state index in [-0.39, 0.29) is 18.1 Å². The lowest BCUT2D eigenvalue weighted by Crippen LogP contribution is -2.14. The molecule has 4 rings (SSSR count). The Kier molecular flexibility index (Phi) is 5.16. The molecule has 0 radical (unpaired) electrons. The van der Waals surface area contributed by atoms with Crippen LogP contribution in [0.5, 0.6) is 0 Å². The molecule has 0 saturated heterocycles. The van der Waals surface area contributed by atoms with Gasteiger partial charge >= 0.3 is 0 Å². The van der Waals surface area contributed by atoms with Crippen molar-refractivity contribution in [1.29, 1.82) is 0 Å². The zero-order valence-electron chi connectivity index (χ0n) is 14.6. The van der Waals surface area contributed by atoms with Gasteiger partial charge in [0.05, 0.1) is 12.1 Å². The van der Waals surface area contributed by atoms with Crippen LogP contribution in [-0.2, 0) is 17.6 Å². The number of nitrogens with zero attached hydrogens (tertiary/aromatic N) is 5. The van der Waals surface area contributed by atoms with E-state index in [1.807, 2.05) is 24.3 Å². The van der Waals surface area contributed by atoms with E-state index >= 15 is 0 Å². The van der Waals surface area contributed by atoms with Gasteiger partial charge in [0.15, 0.2) is 5.13 Å².